The third-order valence-electron chi connectivity index (χ3n) is 1.54. The van der Waals surface area contributed by atoms with Crippen LogP contribution in [0, 0.1) is 0 Å². The maximum absolute atomic E-state index is 11.8. The zero-order valence-corrected chi connectivity index (χ0v) is 14.0. The van der Waals surface area contributed by atoms with E-state index in [1.165, 1.54) is 0 Å². The number of rotatable bonds is 3. The van der Waals surface area contributed by atoms with Crippen molar-refractivity contribution in [2.45, 2.75) is 58.8 Å². The zero-order valence-electron chi connectivity index (χ0n) is 11.8. The van der Waals surface area contributed by atoms with Gasteiger partial charge in [0.2, 0.25) is 0 Å². The summed E-state index contributed by atoms with van der Waals surface area (Å²) < 4.78 is 10.7. The first-order valence-electron chi connectivity index (χ1n) is 5.73. The van der Waals surface area contributed by atoms with Crippen LogP contribution in [-0.4, -0.2) is 33.7 Å². The molecule has 1 amide bonds. The average molecular weight is 371 g/mol. The van der Waals surface area contributed by atoms with E-state index in [-0.39, 0.29) is 0 Å². The number of nitrogens with one attached hydrogen (secondary N) is 1. The highest BCUT2D eigenvalue weighted by Gasteiger charge is 2.27. The molecular formula is C12H22INO4. The van der Waals surface area contributed by atoms with Gasteiger partial charge in [-0.15, -0.1) is 0 Å². The maximum atomic E-state index is 11.8. The number of hydrogen-bond donors (Lipinski definition) is 1. The van der Waals surface area contributed by atoms with Gasteiger partial charge in [-0.05, 0) is 41.5 Å². The summed E-state index contributed by atoms with van der Waals surface area (Å²) in [7, 11) is 0. The summed E-state index contributed by atoms with van der Waals surface area (Å²) in [5, 5.41) is 2.50. The number of alkyl carbamates (subject to hydrolysis) is 1. The molecule has 0 bridgehead atoms. The molecule has 0 saturated heterocycles. The van der Waals surface area contributed by atoms with Crippen LogP contribution >= 0.6 is 22.6 Å². The van der Waals surface area contributed by atoms with Gasteiger partial charge in [-0.25, -0.2) is 9.59 Å². The van der Waals surface area contributed by atoms with Crippen LogP contribution in [0.15, 0.2) is 0 Å². The van der Waals surface area contributed by atoms with Crippen molar-refractivity contribution in [3.8, 4) is 0 Å². The molecule has 0 aliphatic rings. The van der Waals surface area contributed by atoms with Gasteiger partial charge in [-0.1, -0.05) is 22.6 Å². The Morgan fingerprint density at radius 1 is 1.06 bits per heavy atom. The summed E-state index contributed by atoms with van der Waals surface area (Å²) in [6, 6.07) is -0.695. The van der Waals surface area contributed by atoms with Crippen molar-refractivity contribution in [3.63, 3.8) is 0 Å². The lowest BCUT2D eigenvalue weighted by Gasteiger charge is -2.25. The lowest BCUT2D eigenvalue weighted by molar-refractivity contribution is -0.156. The van der Waals surface area contributed by atoms with Gasteiger partial charge in [0.05, 0.1) is 0 Å². The largest absolute Gasteiger partial charge is 0.458 e. The molecule has 1 N–H and O–H groups in total. The highest BCUT2D eigenvalue weighted by molar-refractivity contribution is 14.1. The molecular weight excluding hydrogens is 349 g/mol. The van der Waals surface area contributed by atoms with Crippen LogP contribution in [0.3, 0.4) is 0 Å². The van der Waals surface area contributed by atoms with Crippen molar-refractivity contribution in [1.82, 2.24) is 5.32 Å². The molecule has 0 aliphatic carbocycles. The Kier molecular flexibility index (Phi) is 6.39. The predicted molar refractivity (Wildman–Crippen MR) is 77.9 cm³/mol. The number of ether oxygens (including phenoxy) is 2. The number of esters is 1. The number of alkyl halides is 1. The monoisotopic (exact) mass is 371 g/mol. The van der Waals surface area contributed by atoms with Gasteiger partial charge in [0.25, 0.3) is 0 Å². The molecule has 0 aliphatic heterocycles. The van der Waals surface area contributed by atoms with Gasteiger partial charge in [-0.3, -0.25) is 0 Å². The molecule has 106 valence electrons. The highest BCUT2D eigenvalue weighted by atomic mass is 127. The molecule has 0 radical (unpaired) electrons. The standard InChI is InChI=1S/C12H22INO4/c1-11(2,3)17-9(15)8(7-13)14-10(16)18-12(4,5)6/h8H,7H2,1-6H3,(H,14,16)/t8-/m1/s1. The van der Waals surface area contributed by atoms with Gasteiger partial charge in [0, 0.05) is 4.43 Å². The highest BCUT2D eigenvalue weighted by Crippen LogP contribution is 2.11. The summed E-state index contributed by atoms with van der Waals surface area (Å²) in [4.78, 5) is 23.3. The van der Waals surface area contributed by atoms with Crippen LogP contribution in [0.25, 0.3) is 0 Å². The van der Waals surface area contributed by atoms with E-state index in [0.717, 1.165) is 0 Å². The van der Waals surface area contributed by atoms with Gasteiger partial charge < -0.3 is 14.8 Å². The van der Waals surface area contributed by atoms with Crippen LogP contribution in [0.2, 0.25) is 0 Å². The first-order valence-corrected chi connectivity index (χ1v) is 7.25. The van der Waals surface area contributed by atoms with Crippen molar-refractivity contribution in [2.24, 2.45) is 0 Å². The van der Waals surface area contributed by atoms with Crippen LogP contribution in [0.1, 0.15) is 41.5 Å². The minimum absolute atomic E-state index is 0.423. The van der Waals surface area contributed by atoms with Crippen molar-refractivity contribution in [2.75, 3.05) is 4.43 Å². The molecule has 5 nitrogen and oxygen atoms in total. The molecule has 0 rings (SSSR count). The molecule has 0 saturated carbocycles. The second kappa shape index (κ2) is 6.58. The molecule has 0 fully saturated rings. The van der Waals surface area contributed by atoms with E-state index in [0.29, 0.717) is 4.43 Å². The topological polar surface area (TPSA) is 64.6 Å². The quantitative estimate of drug-likeness (QED) is 0.471. The summed E-state index contributed by atoms with van der Waals surface area (Å²) in [6.45, 7) is 10.6. The second-order valence-corrected chi connectivity index (χ2v) is 6.77. The maximum Gasteiger partial charge on any atom is 0.408 e. The van der Waals surface area contributed by atoms with Gasteiger partial charge >= 0.3 is 12.1 Å². The van der Waals surface area contributed by atoms with Crippen molar-refractivity contribution in [1.29, 1.82) is 0 Å². The average Bonchev–Trinajstić information content (AvgIpc) is 2.07. The summed E-state index contributed by atoms with van der Waals surface area (Å²) >= 11 is 2.02. The van der Waals surface area contributed by atoms with Crippen molar-refractivity contribution < 1.29 is 19.1 Å². The number of carbonyl (C=O) groups excluding carboxylic acids is 2. The number of carbonyl (C=O) groups is 2. The smallest absolute Gasteiger partial charge is 0.408 e. The molecule has 0 spiro atoms. The van der Waals surface area contributed by atoms with Crippen molar-refractivity contribution in [3.05, 3.63) is 0 Å². The fourth-order valence-electron chi connectivity index (χ4n) is 0.983. The van der Waals surface area contributed by atoms with Gasteiger partial charge in [0.15, 0.2) is 0 Å². The molecule has 0 aromatic rings. The first kappa shape index (κ1) is 17.5. The van der Waals surface area contributed by atoms with E-state index in [4.69, 9.17) is 9.47 Å². The minimum atomic E-state index is -0.695. The fourth-order valence-corrected chi connectivity index (χ4v) is 1.56. The van der Waals surface area contributed by atoms with E-state index in [9.17, 15) is 9.59 Å². The van der Waals surface area contributed by atoms with Crippen molar-refractivity contribution >= 4 is 34.7 Å². The molecule has 0 heterocycles. The Bertz CT molecular complexity index is 304. The van der Waals surface area contributed by atoms with E-state index < -0.39 is 29.3 Å². The summed E-state index contributed by atoms with van der Waals surface area (Å²) in [5.41, 5.74) is -1.16. The second-order valence-electron chi connectivity index (χ2n) is 5.89. The van der Waals surface area contributed by atoms with Crippen LogP contribution in [-0.2, 0) is 14.3 Å². The molecule has 6 heteroatoms. The molecule has 0 aromatic carbocycles. The number of hydrogen-bond acceptors (Lipinski definition) is 4. The summed E-state index contributed by atoms with van der Waals surface area (Å²) in [6.07, 6.45) is -0.616. The molecule has 1 atom stereocenters. The Labute approximate surface area is 122 Å². The zero-order chi connectivity index (χ0) is 14.6. The van der Waals surface area contributed by atoms with Crippen LogP contribution in [0.5, 0.6) is 0 Å². The SMILES string of the molecule is CC(C)(C)OC(=O)N[C@H](CI)C(=O)OC(C)(C)C. The third kappa shape index (κ3) is 8.54. The third-order valence-corrected chi connectivity index (χ3v) is 2.42. The predicted octanol–water partition coefficient (Wildman–Crippen LogP) is 2.66. The van der Waals surface area contributed by atoms with Crippen LogP contribution < -0.4 is 5.32 Å². The number of amides is 1. The minimum Gasteiger partial charge on any atom is -0.458 e. The van der Waals surface area contributed by atoms with E-state index >= 15 is 0 Å². The Morgan fingerprint density at radius 2 is 1.50 bits per heavy atom. The van der Waals surface area contributed by atoms with E-state index in [1.807, 2.05) is 22.6 Å². The lowest BCUT2D eigenvalue weighted by atomic mass is 10.2. The van der Waals surface area contributed by atoms with Gasteiger partial charge in [-0.2, -0.15) is 0 Å². The van der Waals surface area contributed by atoms with Crippen LogP contribution in [0.4, 0.5) is 4.79 Å². The molecule has 0 unspecified atom stereocenters. The first-order chi connectivity index (χ1) is 7.94. The Hall–Kier alpha value is -0.530. The fraction of sp³-hybridized carbons (Fsp3) is 0.833. The van der Waals surface area contributed by atoms with E-state index in [1.54, 1.807) is 41.5 Å². The normalized spacial score (nSPS) is 13.7. The lowest BCUT2D eigenvalue weighted by Crippen LogP contribution is -2.46. The molecule has 0 aromatic heterocycles. The van der Waals surface area contributed by atoms with E-state index in [2.05, 4.69) is 5.32 Å². The number of halogens is 1. The van der Waals surface area contributed by atoms with Gasteiger partial charge in [0.1, 0.15) is 17.2 Å². The summed E-state index contributed by atoms with van der Waals surface area (Å²) in [5.74, 6) is -0.456. The Balaban J connectivity index is 4.44. The Morgan fingerprint density at radius 3 is 1.83 bits per heavy atom. The molecule has 18 heavy (non-hydrogen) atoms.